The van der Waals surface area contributed by atoms with E-state index >= 15 is 0 Å². The van der Waals surface area contributed by atoms with Gasteiger partial charge in [0, 0.05) is 30.1 Å². The first-order valence-electron chi connectivity index (χ1n) is 8.76. The fourth-order valence-electron chi connectivity index (χ4n) is 3.29. The summed E-state index contributed by atoms with van der Waals surface area (Å²) in [5, 5.41) is 0.805. The third-order valence-electron chi connectivity index (χ3n) is 4.69. The van der Waals surface area contributed by atoms with E-state index in [-0.39, 0.29) is 5.91 Å². The quantitative estimate of drug-likeness (QED) is 0.668. The molecule has 2 heterocycles. The Balaban J connectivity index is 1.74. The Kier molecular flexibility index (Phi) is 4.64. The Bertz CT molecular complexity index is 1030. The number of hydrogen-bond donors (Lipinski definition) is 0. The lowest BCUT2D eigenvalue weighted by Crippen LogP contribution is -2.40. The molecule has 138 valence electrons. The number of nitrogens with zero attached hydrogens (tertiary/aromatic N) is 1. The van der Waals surface area contributed by atoms with E-state index in [1.807, 2.05) is 24.3 Å². The highest BCUT2D eigenvalue weighted by Gasteiger charge is 2.19. The first-order valence-corrected chi connectivity index (χ1v) is 8.76. The molecule has 0 aliphatic carbocycles. The molecule has 6 nitrogen and oxygen atoms in total. The second kappa shape index (κ2) is 7.25. The largest absolute Gasteiger partial charge is 0.496 e. The second-order valence-corrected chi connectivity index (χ2v) is 6.30. The van der Waals surface area contributed by atoms with Gasteiger partial charge in [-0.05, 0) is 35.9 Å². The maximum Gasteiger partial charge on any atom is 0.336 e. The van der Waals surface area contributed by atoms with Crippen LogP contribution in [0.15, 0.2) is 57.7 Å². The number of fused-ring (bicyclic) bond motifs is 1. The van der Waals surface area contributed by atoms with Crippen LogP contribution in [0, 0.1) is 0 Å². The molecular formula is C21H19NO5. The number of rotatable bonds is 3. The van der Waals surface area contributed by atoms with E-state index < -0.39 is 5.63 Å². The summed E-state index contributed by atoms with van der Waals surface area (Å²) in [5.74, 6) is 0.588. The van der Waals surface area contributed by atoms with E-state index in [0.717, 1.165) is 10.9 Å². The van der Waals surface area contributed by atoms with E-state index in [1.165, 1.54) is 6.07 Å². The van der Waals surface area contributed by atoms with Crippen molar-refractivity contribution in [3.8, 4) is 16.9 Å². The molecule has 3 aromatic rings. The van der Waals surface area contributed by atoms with Crippen LogP contribution in [0.1, 0.15) is 10.4 Å². The molecule has 1 aromatic heterocycles. The molecule has 0 unspecified atom stereocenters. The number of benzene rings is 2. The average molecular weight is 365 g/mol. The maximum absolute atomic E-state index is 12.6. The molecule has 0 atom stereocenters. The predicted molar refractivity (Wildman–Crippen MR) is 101 cm³/mol. The second-order valence-electron chi connectivity index (χ2n) is 6.30. The van der Waals surface area contributed by atoms with Crippen LogP contribution in [-0.4, -0.2) is 44.2 Å². The van der Waals surface area contributed by atoms with E-state index in [1.54, 1.807) is 30.2 Å². The van der Waals surface area contributed by atoms with Gasteiger partial charge in [-0.1, -0.05) is 12.1 Å². The van der Waals surface area contributed by atoms with E-state index in [2.05, 4.69) is 0 Å². The van der Waals surface area contributed by atoms with Gasteiger partial charge in [-0.25, -0.2) is 4.79 Å². The van der Waals surface area contributed by atoms with Crippen molar-refractivity contribution in [1.29, 1.82) is 0 Å². The molecule has 1 fully saturated rings. The Labute approximate surface area is 155 Å². The normalized spacial score (nSPS) is 14.3. The number of carbonyl (C=O) groups is 1. The number of ether oxygens (including phenoxy) is 2. The molecule has 27 heavy (non-hydrogen) atoms. The molecule has 1 saturated heterocycles. The van der Waals surface area contributed by atoms with Crippen molar-refractivity contribution in [1.82, 2.24) is 4.90 Å². The third-order valence-corrected chi connectivity index (χ3v) is 4.69. The summed E-state index contributed by atoms with van der Waals surface area (Å²) < 4.78 is 16.2. The highest BCUT2D eigenvalue weighted by Crippen LogP contribution is 2.36. The molecule has 2 aromatic carbocycles. The van der Waals surface area contributed by atoms with Gasteiger partial charge < -0.3 is 18.8 Å². The van der Waals surface area contributed by atoms with Gasteiger partial charge in [0.05, 0.1) is 25.9 Å². The van der Waals surface area contributed by atoms with Gasteiger partial charge in [-0.3, -0.25) is 4.79 Å². The minimum Gasteiger partial charge on any atom is -0.496 e. The summed E-state index contributed by atoms with van der Waals surface area (Å²) >= 11 is 0. The zero-order chi connectivity index (χ0) is 18.8. The lowest BCUT2D eigenvalue weighted by atomic mass is 10.00. The van der Waals surface area contributed by atoms with Crippen molar-refractivity contribution in [2.75, 3.05) is 33.4 Å². The van der Waals surface area contributed by atoms with E-state index in [4.69, 9.17) is 13.9 Å². The van der Waals surface area contributed by atoms with Gasteiger partial charge in [0.25, 0.3) is 5.91 Å². The van der Waals surface area contributed by atoms with Crippen LogP contribution in [0.3, 0.4) is 0 Å². The predicted octanol–water partition coefficient (Wildman–Crippen LogP) is 2.94. The topological polar surface area (TPSA) is 69.0 Å². The Morgan fingerprint density at radius 2 is 1.70 bits per heavy atom. The highest BCUT2D eigenvalue weighted by atomic mass is 16.5. The van der Waals surface area contributed by atoms with Gasteiger partial charge in [-0.2, -0.15) is 0 Å². The third kappa shape index (κ3) is 3.31. The van der Waals surface area contributed by atoms with Crippen LogP contribution >= 0.6 is 0 Å². The van der Waals surface area contributed by atoms with Crippen molar-refractivity contribution in [2.24, 2.45) is 0 Å². The van der Waals surface area contributed by atoms with Gasteiger partial charge in [0.2, 0.25) is 0 Å². The summed E-state index contributed by atoms with van der Waals surface area (Å²) in [7, 11) is 1.57. The SMILES string of the molecule is COc1ccc2ccc(=O)oc2c1-c1ccc(C(=O)N2CCOCC2)cc1. The minimum absolute atomic E-state index is 0.0127. The number of amides is 1. The first kappa shape index (κ1) is 17.3. The summed E-state index contributed by atoms with van der Waals surface area (Å²) in [5.41, 5.74) is 2.16. The standard InChI is InChI=1S/C21H19NO5/c1-25-17-8-6-15-7-9-18(23)27-20(15)19(17)14-2-4-16(5-3-14)21(24)22-10-12-26-13-11-22/h2-9H,10-13H2,1H3. The van der Waals surface area contributed by atoms with Crippen molar-refractivity contribution in [2.45, 2.75) is 0 Å². The summed E-state index contributed by atoms with van der Waals surface area (Å²) in [6.45, 7) is 2.33. The Morgan fingerprint density at radius 3 is 2.41 bits per heavy atom. The molecule has 0 bridgehead atoms. The lowest BCUT2D eigenvalue weighted by Gasteiger charge is -2.26. The zero-order valence-corrected chi connectivity index (χ0v) is 14.9. The molecular weight excluding hydrogens is 346 g/mol. The van der Waals surface area contributed by atoms with Crippen molar-refractivity contribution in [3.63, 3.8) is 0 Å². The van der Waals surface area contributed by atoms with E-state index in [0.29, 0.717) is 48.8 Å². The molecule has 1 amide bonds. The van der Waals surface area contributed by atoms with Crippen LogP contribution in [0.4, 0.5) is 0 Å². The Morgan fingerprint density at radius 1 is 1.00 bits per heavy atom. The highest BCUT2D eigenvalue weighted by molar-refractivity contribution is 5.98. The summed E-state index contributed by atoms with van der Waals surface area (Å²) in [4.78, 5) is 26.1. The van der Waals surface area contributed by atoms with Gasteiger partial charge in [-0.15, -0.1) is 0 Å². The molecule has 4 rings (SSSR count). The van der Waals surface area contributed by atoms with Crippen molar-refractivity contribution < 1.29 is 18.7 Å². The number of hydrogen-bond acceptors (Lipinski definition) is 5. The monoisotopic (exact) mass is 365 g/mol. The van der Waals surface area contributed by atoms with Gasteiger partial charge in [0.1, 0.15) is 11.3 Å². The van der Waals surface area contributed by atoms with Crippen LogP contribution < -0.4 is 10.4 Å². The molecule has 1 aliphatic heterocycles. The average Bonchev–Trinajstić information content (AvgIpc) is 2.73. The van der Waals surface area contributed by atoms with Crippen LogP contribution in [0.25, 0.3) is 22.1 Å². The number of morpholine rings is 1. The summed E-state index contributed by atoms with van der Waals surface area (Å²) in [6, 6.07) is 14.1. The molecule has 0 N–H and O–H groups in total. The fraction of sp³-hybridized carbons (Fsp3) is 0.238. The van der Waals surface area contributed by atoms with Crippen LogP contribution in [0.5, 0.6) is 5.75 Å². The first-order chi connectivity index (χ1) is 13.2. The van der Waals surface area contributed by atoms with Crippen molar-refractivity contribution in [3.05, 3.63) is 64.5 Å². The molecule has 0 saturated carbocycles. The van der Waals surface area contributed by atoms with E-state index in [9.17, 15) is 9.59 Å². The maximum atomic E-state index is 12.6. The summed E-state index contributed by atoms with van der Waals surface area (Å²) in [6.07, 6.45) is 0. The molecule has 0 spiro atoms. The molecule has 0 radical (unpaired) electrons. The lowest BCUT2D eigenvalue weighted by molar-refractivity contribution is 0.0303. The molecule has 1 aliphatic rings. The number of carbonyl (C=O) groups excluding carboxylic acids is 1. The smallest absolute Gasteiger partial charge is 0.336 e. The number of methoxy groups -OCH3 is 1. The van der Waals surface area contributed by atoms with Crippen molar-refractivity contribution >= 4 is 16.9 Å². The fourth-order valence-corrected chi connectivity index (χ4v) is 3.29. The van der Waals surface area contributed by atoms with Crippen LogP contribution in [-0.2, 0) is 4.74 Å². The van der Waals surface area contributed by atoms with Gasteiger partial charge in [0.15, 0.2) is 0 Å². The van der Waals surface area contributed by atoms with Crippen LogP contribution in [0.2, 0.25) is 0 Å². The zero-order valence-electron chi connectivity index (χ0n) is 14.9. The molecule has 6 heteroatoms. The minimum atomic E-state index is -0.420. The Hall–Kier alpha value is -3.12. The van der Waals surface area contributed by atoms with Gasteiger partial charge >= 0.3 is 5.63 Å².